The number of nitrogens with one attached hydrogen (secondary N) is 1. The van der Waals surface area contributed by atoms with Crippen LogP contribution in [0.2, 0.25) is 0 Å². The molecule has 0 spiro atoms. The number of benzene rings is 2. The largest absolute Gasteiger partial charge is 0.363 e. The molecule has 1 fully saturated rings. The Morgan fingerprint density at radius 1 is 1.00 bits per heavy atom. The fraction of sp³-hybridized carbons (Fsp3) is 0.211. The van der Waals surface area contributed by atoms with Crippen LogP contribution in [-0.2, 0) is 24.7 Å². The lowest BCUT2D eigenvalue weighted by Crippen LogP contribution is -2.35. The number of carbonyl (C=O) groups is 3. The van der Waals surface area contributed by atoms with Gasteiger partial charge in [0, 0.05) is 6.04 Å². The van der Waals surface area contributed by atoms with Crippen molar-refractivity contribution in [2.24, 2.45) is 0 Å². The van der Waals surface area contributed by atoms with Crippen molar-refractivity contribution in [2.45, 2.75) is 17.4 Å². The Morgan fingerprint density at radius 3 is 2.10 bits per heavy atom. The van der Waals surface area contributed by atoms with Gasteiger partial charge in [-0.3, -0.25) is 9.59 Å². The molecule has 12 heteroatoms. The van der Waals surface area contributed by atoms with Gasteiger partial charge in [0.2, 0.25) is 10.0 Å². The highest BCUT2D eigenvalue weighted by Gasteiger charge is 2.39. The summed E-state index contributed by atoms with van der Waals surface area (Å²) in [4.78, 5) is 41.6. The number of hydrogen-bond donors (Lipinski definition) is 1. The van der Waals surface area contributed by atoms with E-state index in [1.165, 1.54) is 24.3 Å². The van der Waals surface area contributed by atoms with E-state index in [0.717, 1.165) is 12.1 Å². The Morgan fingerprint density at radius 2 is 1.58 bits per heavy atom. The summed E-state index contributed by atoms with van der Waals surface area (Å²) in [6.07, 6.45) is 0.187. The lowest BCUT2D eigenvalue weighted by Gasteiger charge is -2.13. The number of fused-ring (bicyclic) bond motifs is 1. The smallest absolute Gasteiger partial charge is 0.324 e. The van der Waals surface area contributed by atoms with Crippen LogP contribution in [0.1, 0.15) is 37.5 Å². The monoisotopic (exact) mass is 464 g/mol. The molecule has 2 aliphatic rings. The van der Waals surface area contributed by atoms with Crippen LogP contribution in [-0.4, -0.2) is 57.2 Å². The molecule has 162 valence electrons. The average Bonchev–Trinajstić information content (AvgIpc) is 3.19. The number of sulfonamides is 1. The van der Waals surface area contributed by atoms with Gasteiger partial charge in [-0.15, -0.1) is 0 Å². The van der Waals surface area contributed by atoms with Gasteiger partial charge in [-0.05, 0) is 42.8 Å². The molecule has 1 unspecified atom stereocenters. The van der Waals surface area contributed by atoms with Crippen LogP contribution >= 0.6 is 0 Å². The molecular formula is C19H16N2O8S2. The standard InChI is InChI=1S/C19H16N2O8S2/c22-17-15-3-1-2-4-16(15)18(23)21(17)29-19(24)12-5-7-14(8-6-12)31(27,28)20-13-9-10-30(25,26)11-13/h1-8,13,20H,9-11H2. The van der Waals surface area contributed by atoms with Crippen molar-refractivity contribution < 1.29 is 36.1 Å². The molecule has 1 atom stereocenters. The highest BCUT2D eigenvalue weighted by Crippen LogP contribution is 2.23. The maximum atomic E-state index is 12.5. The van der Waals surface area contributed by atoms with Gasteiger partial charge in [0.05, 0.1) is 33.1 Å². The third-order valence-electron chi connectivity index (χ3n) is 4.89. The molecule has 0 bridgehead atoms. The van der Waals surface area contributed by atoms with Crippen LogP contribution in [0.3, 0.4) is 0 Å². The molecule has 2 aromatic carbocycles. The molecule has 4 rings (SSSR count). The maximum Gasteiger partial charge on any atom is 0.363 e. The third kappa shape index (κ3) is 4.09. The van der Waals surface area contributed by atoms with Crippen molar-refractivity contribution in [3.05, 3.63) is 65.2 Å². The first-order valence-electron chi connectivity index (χ1n) is 9.10. The van der Waals surface area contributed by atoms with Crippen LogP contribution in [0.15, 0.2) is 53.4 Å². The van der Waals surface area contributed by atoms with E-state index in [2.05, 4.69) is 4.72 Å². The minimum atomic E-state index is -4.00. The fourth-order valence-corrected chi connectivity index (χ4v) is 6.38. The van der Waals surface area contributed by atoms with Crippen LogP contribution < -0.4 is 4.72 Å². The van der Waals surface area contributed by atoms with Crippen LogP contribution in [0.4, 0.5) is 0 Å². The molecule has 1 saturated heterocycles. The van der Waals surface area contributed by atoms with Gasteiger partial charge in [0.25, 0.3) is 11.8 Å². The Balaban J connectivity index is 1.45. The van der Waals surface area contributed by atoms with Gasteiger partial charge in [-0.1, -0.05) is 17.2 Å². The second kappa shape index (κ2) is 7.55. The lowest BCUT2D eigenvalue weighted by molar-refractivity contribution is -0.0584. The lowest BCUT2D eigenvalue weighted by atomic mass is 10.1. The molecule has 2 heterocycles. The van der Waals surface area contributed by atoms with Crippen LogP contribution in [0, 0.1) is 0 Å². The number of carbonyl (C=O) groups excluding carboxylic acids is 3. The maximum absolute atomic E-state index is 12.5. The normalized spacial score (nSPS) is 20.0. The van der Waals surface area contributed by atoms with Gasteiger partial charge in [0.15, 0.2) is 9.84 Å². The predicted molar refractivity (Wildman–Crippen MR) is 106 cm³/mol. The minimum Gasteiger partial charge on any atom is -0.324 e. The van der Waals surface area contributed by atoms with E-state index in [1.54, 1.807) is 12.1 Å². The van der Waals surface area contributed by atoms with E-state index in [-0.39, 0.29) is 39.5 Å². The van der Waals surface area contributed by atoms with Crippen LogP contribution in [0.5, 0.6) is 0 Å². The number of hydroxylamine groups is 2. The van der Waals surface area contributed by atoms with Crippen molar-refractivity contribution in [3.63, 3.8) is 0 Å². The molecule has 10 nitrogen and oxygen atoms in total. The topological polar surface area (TPSA) is 144 Å². The molecule has 0 saturated carbocycles. The molecule has 1 N–H and O–H groups in total. The first kappa shape index (κ1) is 21.2. The number of rotatable bonds is 5. The Labute approximate surface area is 177 Å². The molecule has 2 aliphatic heterocycles. The SMILES string of the molecule is O=C(ON1C(=O)c2ccccc2C1=O)c1ccc(S(=O)(=O)NC2CCS(=O)(=O)C2)cc1. The second-order valence-corrected chi connectivity index (χ2v) is 11.0. The molecule has 0 aliphatic carbocycles. The summed E-state index contributed by atoms with van der Waals surface area (Å²) in [6.45, 7) is 0. The van der Waals surface area contributed by atoms with Crippen molar-refractivity contribution in [1.82, 2.24) is 9.79 Å². The summed E-state index contributed by atoms with van der Waals surface area (Å²) >= 11 is 0. The van der Waals surface area contributed by atoms with Gasteiger partial charge in [-0.2, -0.15) is 0 Å². The van der Waals surface area contributed by atoms with Crippen molar-refractivity contribution in [2.75, 3.05) is 11.5 Å². The minimum absolute atomic E-state index is 0.0806. The fourth-order valence-electron chi connectivity index (χ4n) is 3.33. The molecule has 31 heavy (non-hydrogen) atoms. The average molecular weight is 464 g/mol. The Hall–Kier alpha value is -3.09. The Bertz CT molecular complexity index is 1270. The zero-order valence-electron chi connectivity index (χ0n) is 15.8. The highest BCUT2D eigenvalue weighted by atomic mass is 32.2. The second-order valence-electron chi connectivity index (χ2n) is 7.07. The van der Waals surface area contributed by atoms with Gasteiger partial charge in [-0.25, -0.2) is 26.4 Å². The molecular weight excluding hydrogens is 448 g/mol. The summed E-state index contributed by atoms with van der Waals surface area (Å²) in [5.74, 6) is -2.92. The van der Waals surface area contributed by atoms with E-state index in [9.17, 15) is 31.2 Å². The summed E-state index contributed by atoms with van der Waals surface area (Å²) in [5.41, 5.74) is 0.141. The van der Waals surface area contributed by atoms with Crippen molar-refractivity contribution in [3.8, 4) is 0 Å². The first-order chi connectivity index (χ1) is 14.6. The van der Waals surface area contributed by atoms with Crippen molar-refractivity contribution in [1.29, 1.82) is 0 Å². The summed E-state index contributed by atoms with van der Waals surface area (Å²) in [7, 11) is -7.25. The third-order valence-corrected chi connectivity index (χ3v) is 8.19. The number of amides is 2. The van der Waals surface area contributed by atoms with E-state index in [0.29, 0.717) is 5.06 Å². The van der Waals surface area contributed by atoms with Crippen molar-refractivity contribution >= 4 is 37.6 Å². The number of hydrogen-bond acceptors (Lipinski definition) is 8. The van der Waals surface area contributed by atoms with E-state index < -0.39 is 43.7 Å². The van der Waals surface area contributed by atoms with E-state index >= 15 is 0 Å². The molecule has 0 aromatic heterocycles. The first-order valence-corrected chi connectivity index (χ1v) is 12.4. The van der Waals surface area contributed by atoms with Gasteiger partial charge in [0.1, 0.15) is 0 Å². The zero-order valence-corrected chi connectivity index (χ0v) is 17.5. The van der Waals surface area contributed by atoms with Gasteiger partial charge >= 0.3 is 5.97 Å². The summed E-state index contributed by atoms with van der Waals surface area (Å²) in [5, 5.41) is 0.361. The van der Waals surface area contributed by atoms with Gasteiger partial charge < -0.3 is 4.84 Å². The molecule has 2 aromatic rings. The highest BCUT2D eigenvalue weighted by molar-refractivity contribution is 7.92. The number of nitrogens with zero attached hydrogens (tertiary/aromatic N) is 1. The summed E-state index contributed by atoms with van der Waals surface area (Å²) < 4.78 is 50.2. The zero-order chi connectivity index (χ0) is 22.4. The molecule has 2 amide bonds. The Kier molecular flexibility index (Phi) is 5.15. The summed E-state index contributed by atoms with van der Waals surface area (Å²) in [6, 6.07) is 9.93. The quantitative estimate of drug-likeness (QED) is 0.631. The van der Waals surface area contributed by atoms with E-state index in [4.69, 9.17) is 4.84 Å². The number of sulfone groups is 1. The predicted octanol–water partition coefficient (Wildman–Crippen LogP) is 0.520. The number of imide groups is 1. The van der Waals surface area contributed by atoms with E-state index in [1.807, 2.05) is 0 Å². The molecule has 0 radical (unpaired) electrons. The van der Waals surface area contributed by atoms with Crippen LogP contribution in [0.25, 0.3) is 0 Å².